The van der Waals surface area contributed by atoms with Gasteiger partial charge in [0.25, 0.3) is 0 Å². The maximum absolute atomic E-state index is 13.6. The van der Waals surface area contributed by atoms with E-state index in [1.165, 1.54) is 24.4 Å². The summed E-state index contributed by atoms with van der Waals surface area (Å²) in [5.74, 6) is -1.04. The second kappa shape index (κ2) is 6.18. The molecule has 2 aromatic rings. The molecular weight excluding hydrogens is 424 g/mol. The molecule has 0 aliphatic rings. The van der Waals surface area contributed by atoms with Crippen molar-refractivity contribution in [3.05, 3.63) is 45.2 Å². The van der Waals surface area contributed by atoms with Crippen LogP contribution in [0.15, 0.2) is 39.4 Å². The van der Waals surface area contributed by atoms with Crippen LogP contribution in [-0.4, -0.2) is 11.3 Å². The van der Waals surface area contributed by atoms with E-state index in [1.807, 2.05) is 0 Å². The molecule has 9 heteroatoms. The van der Waals surface area contributed by atoms with Gasteiger partial charge < -0.3 is 10.1 Å². The Morgan fingerprint density at radius 1 is 1.14 bits per heavy atom. The van der Waals surface area contributed by atoms with Gasteiger partial charge in [0, 0.05) is 16.4 Å². The summed E-state index contributed by atoms with van der Waals surface area (Å²) in [6, 6.07) is 4.96. The van der Waals surface area contributed by atoms with Crippen molar-refractivity contribution in [3.63, 3.8) is 0 Å². The van der Waals surface area contributed by atoms with Crippen LogP contribution in [0, 0.1) is 5.82 Å². The fourth-order valence-corrected chi connectivity index (χ4v) is 2.19. The van der Waals surface area contributed by atoms with E-state index in [0.717, 1.165) is 6.07 Å². The lowest BCUT2D eigenvalue weighted by Gasteiger charge is -2.12. The quantitative estimate of drug-likeness (QED) is 0.664. The van der Waals surface area contributed by atoms with Gasteiger partial charge in [-0.05, 0) is 56.1 Å². The number of hydrogen-bond acceptors (Lipinski definition) is 3. The molecule has 0 aliphatic heterocycles. The molecule has 112 valence electrons. The van der Waals surface area contributed by atoms with Crippen molar-refractivity contribution in [2.24, 2.45) is 0 Å². The van der Waals surface area contributed by atoms with Crippen LogP contribution in [0.1, 0.15) is 0 Å². The molecule has 1 N–H and O–H groups in total. The normalized spacial score (nSPS) is 11.3. The Labute approximate surface area is 133 Å². The van der Waals surface area contributed by atoms with Crippen molar-refractivity contribution in [3.8, 4) is 5.75 Å². The third kappa shape index (κ3) is 4.57. The van der Waals surface area contributed by atoms with Crippen LogP contribution >= 0.6 is 31.9 Å². The highest BCUT2D eigenvalue weighted by atomic mass is 79.9. The molecule has 0 unspecified atom stereocenters. The van der Waals surface area contributed by atoms with E-state index in [1.54, 1.807) is 0 Å². The summed E-state index contributed by atoms with van der Waals surface area (Å²) < 4.78 is 54.4. The predicted octanol–water partition coefficient (Wildman–Crippen LogP) is 5.39. The third-order valence-corrected chi connectivity index (χ3v) is 3.28. The first-order valence-electron chi connectivity index (χ1n) is 5.38. The molecule has 0 spiro atoms. The van der Waals surface area contributed by atoms with Crippen LogP contribution in [0.5, 0.6) is 5.75 Å². The number of benzene rings is 1. The fraction of sp³-hybridized carbons (Fsp3) is 0.0833. The number of halogens is 6. The van der Waals surface area contributed by atoms with E-state index in [4.69, 9.17) is 0 Å². The van der Waals surface area contributed by atoms with Gasteiger partial charge in [-0.15, -0.1) is 13.2 Å². The lowest BCUT2D eigenvalue weighted by molar-refractivity contribution is -0.274. The molecule has 0 radical (unpaired) electrons. The van der Waals surface area contributed by atoms with Crippen LogP contribution in [0.2, 0.25) is 0 Å². The van der Waals surface area contributed by atoms with Gasteiger partial charge in [-0.2, -0.15) is 0 Å². The Morgan fingerprint density at radius 2 is 1.86 bits per heavy atom. The molecule has 3 nitrogen and oxygen atoms in total. The minimum Gasteiger partial charge on any atom is -0.405 e. The SMILES string of the molecule is Fc1cc(Br)cnc1Nc1ccc(OC(F)(F)F)c(Br)c1. The first kappa shape index (κ1) is 16.0. The van der Waals surface area contributed by atoms with E-state index >= 15 is 0 Å². The molecule has 1 heterocycles. The molecule has 0 fully saturated rings. The standard InChI is InChI=1S/C12H6Br2F4N2O/c13-6-3-9(15)11(19-5-6)20-7-1-2-10(8(14)4-7)21-12(16,17)18/h1-5H,(H,19,20). The molecule has 0 bridgehead atoms. The van der Waals surface area contributed by atoms with Gasteiger partial charge in [0.1, 0.15) is 5.75 Å². The van der Waals surface area contributed by atoms with Crippen LogP contribution < -0.4 is 10.1 Å². The highest BCUT2D eigenvalue weighted by Crippen LogP contribution is 2.33. The van der Waals surface area contributed by atoms with Crippen molar-refractivity contribution in [1.29, 1.82) is 0 Å². The number of nitrogens with zero attached hydrogens (tertiary/aromatic N) is 1. The summed E-state index contributed by atoms with van der Waals surface area (Å²) in [4.78, 5) is 3.83. The summed E-state index contributed by atoms with van der Waals surface area (Å²) in [7, 11) is 0. The minimum atomic E-state index is -4.78. The van der Waals surface area contributed by atoms with Gasteiger partial charge in [0.2, 0.25) is 0 Å². The average molecular weight is 430 g/mol. The number of hydrogen-bond donors (Lipinski definition) is 1. The first-order chi connectivity index (χ1) is 9.74. The highest BCUT2D eigenvalue weighted by Gasteiger charge is 2.31. The van der Waals surface area contributed by atoms with E-state index in [-0.39, 0.29) is 10.3 Å². The van der Waals surface area contributed by atoms with E-state index in [9.17, 15) is 17.6 Å². The Kier molecular flexibility index (Phi) is 4.72. The molecule has 1 aromatic heterocycles. The molecule has 0 atom stereocenters. The average Bonchev–Trinajstić information content (AvgIpc) is 2.35. The molecule has 0 saturated heterocycles. The molecule has 0 aliphatic carbocycles. The molecule has 1 aromatic carbocycles. The number of rotatable bonds is 3. The first-order valence-corrected chi connectivity index (χ1v) is 6.96. The smallest absolute Gasteiger partial charge is 0.405 e. The van der Waals surface area contributed by atoms with Gasteiger partial charge in [0.15, 0.2) is 11.6 Å². The van der Waals surface area contributed by atoms with Crippen molar-refractivity contribution >= 4 is 43.4 Å². The Bertz CT molecular complexity index is 664. The van der Waals surface area contributed by atoms with Crippen molar-refractivity contribution < 1.29 is 22.3 Å². The van der Waals surface area contributed by atoms with Crippen LogP contribution in [0.4, 0.5) is 29.1 Å². The van der Waals surface area contributed by atoms with E-state index in [2.05, 4.69) is 46.9 Å². The van der Waals surface area contributed by atoms with E-state index in [0.29, 0.717) is 10.2 Å². The number of aromatic nitrogens is 1. The molecule has 0 saturated carbocycles. The lowest BCUT2D eigenvalue weighted by Crippen LogP contribution is -2.17. The second-order valence-electron chi connectivity index (χ2n) is 3.80. The third-order valence-electron chi connectivity index (χ3n) is 2.23. The summed E-state index contributed by atoms with van der Waals surface area (Å²) >= 11 is 6.03. The Morgan fingerprint density at radius 3 is 2.43 bits per heavy atom. The van der Waals surface area contributed by atoms with Gasteiger partial charge >= 0.3 is 6.36 Å². The van der Waals surface area contributed by atoms with Crippen LogP contribution in [-0.2, 0) is 0 Å². The van der Waals surface area contributed by atoms with Crippen molar-refractivity contribution in [2.75, 3.05) is 5.32 Å². The predicted molar refractivity (Wildman–Crippen MR) is 76.0 cm³/mol. The summed E-state index contributed by atoms with van der Waals surface area (Å²) in [5.41, 5.74) is 0.352. The van der Waals surface area contributed by atoms with Gasteiger partial charge in [-0.25, -0.2) is 9.37 Å². The molecule has 0 amide bonds. The topological polar surface area (TPSA) is 34.2 Å². The van der Waals surface area contributed by atoms with Gasteiger partial charge in [0.05, 0.1) is 4.47 Å². The zero-order valence-corrected chi connectivity index (χ0v) is 13.2. The Hall–Kier alpha value is -1.35. The zero-order chi connectivity index (χ0) is 15.6. The maximum Gasteiger partial charge on any atom is 0.573 e. The van der Waals surface area contributed by atoms with E-state index < -0.39 is 17.9 Å². The molecule has 21 heavy (non-hydrogen) atoms. The summed E-state index contributed by atoms with van der Waals surface area (Å²) in [6.07, 6.45) is -3.39. The van der Waals surface area contributed by atoms with Crippen LogP contribution in [0.3, 0.4) is 0 Å². The Balaban J connectivity index is 2.20. The maximum atomic E-state index is 13.6. The number of pyridine rings is 1. The minimum absolute atomic E-state index is 0.0467. The molecule has 2 rings (SSSR count). The number of ether oxygens (including phenoxy) is 1. The summed E-state index contributed by atoms with van der Waals surface area (Å²) in [5, 5.41) is 2.66. The fourth-order valence-electron chi connectivity index (χ4n) is 1.43. The second-order valence-corrected chi connectivity index (χ2v) is 5.57. The highest BCUT2D eigenvalue weighted by molar-refractivity contribution is 9.10. The largest absolute Gasteiger partial charge is 0.573 e. The van der Waals surface area contributed by atoms with Gasteiger partial charge in [-0.1, -0.05) is 0 Å². The van der Waals surface area contributed by atoms with Crippen molar-refractivity contribution in [1.82, 2.24) is 4.98 Å². The van der Waals surface area contributed by atoms with Gasteiger partial charge in [-0.3, -0.25) is 0 Å². The monoisotopic (exact) mass is 428 g/mol. The number of alkyl halides is 3. The number of anilines is 2. The molecular formula is C12H6Br2F4N2O. The van der Waals surface area contributed by atoms with Crippen molar-refractivity contribution in [2.45, 2.75) is 6.36 Å². The lowest BCUT2D eigenvalue weighted by atomic mass is 10.3. The number of nitrogens with one attached hydrogen (secondary N) is 1. The zero-order valence-electron chi connectivity index (χ0n) is 10.0. The van der Waals surface area contributed by atoms with Crippen LogP contribution in [0.25, 0.3) is 0 Å². The summed E-state index contributed by atoms with van der Waals surface area (Å²) in [6.45, 7) is 0.